The molecule has 1 saturated heterocycles. The van der Waals surface area contributed by atoms with Gasteiger partial charge in [-0.15, -0.1) is 0 Å². The number of rotatable bonds is 3. The van der Waals surface area contributed by atoms with E-state index >= 15 is 0 Å². The standard InChI is InChI=1S/C9H17NO2.V/c11-8-9(1-2-9)7-10-3-5-12-6-4-10;/h11H,1-8H2;. The molecule has 0 atom stereocenters. The van der Waals surface area contributed by atoms with E-state index in [4.69, 9.17) is 9.84 Å². The predicted octanol–water partition coefficient (Wildman–Crippen LogP) is 0.0886. The molecule has 2 aliphatic rings. The third kappa shape index (κ3) is 2.96. The number of morpholine rings is 1. The molecule has 0 aromatic carbocycles. The van der Waals surface area contributed by atoms with Gasteiger partial charge >= 0.3 is 0 Å². The van der Waals surface area contributed by atoms with Gasteiger partial charge in [-0.3, -0.25) is 4.90 Å². The largest absolute Gasteiger partial charge is 0.396 e. The van der Waals surface area contributed by atoms with Crippen molar-refractivity contribution in [2.45, 2.75) is 12.8 Å². The summed E-state index contributed by atoms with van der Waals surface area (Å²) < 4.78 is 5.26. The predicted molar refractivity (Wildman–Crippen MR) is 46.0 cm³/mol. The van der Waals surface area contributed by atoms with Crippen molar-refractivity contribution in [3.05, 3.63) is 0 Å². The average Bonchev–Trinajstić information content (AvgIpc) is 2.88. The van der Waals surface area contributed by atoms with Gasteiger partial charge in [0.15, 0.2) is 0 Å². The zero-order valence-corrected chi connectivity index (χ0v) is 9.30. The Morgan fingerprint density at radius 1 is 1.23 bits per heavy atom. The second-order valence-electron chi connectivity index (χ2n) is 4.05. The van der Waals surface area contributed by atoms with Gasteiger partial charge in [-0.2, -0.15) is 0 Å². The van der Waals surface area contributed by atoms with Crippen LogP contribution in [0.4, 0.5) is 0 Å². The minimum atomic E-state index is 0. The summed E-state index contributed by atoms with van der Waals surface area (Å²) in [5.74, 6) is 0. The third-order valence-electron chi connectivity index (χ3n) is 2.96. The molecule has 1 saturated carbocycles. The van der Waals surface area contributed by atoms with Crippen LogP contribution in [-0.4, -0.2) is 49.5 Å². The van der Waals surface area contributed by atoms with E-state index < -0.39 is 0 Å². The monoisotopic (exact) mass is 222 g/mol. The fraction of sp³-hybridized carbons (Fsp3) is 1.00. The van der Waals surface area contributed by atoms with E-state index in [1.165, 1.54) is 12.8 Å². The molecule has 4 heteroatoms. The summed E-state index contributed by atoms with van der Waals surface area (Å²) in [5.41, 5.74) is 0.275. The van der Waals surface area contributed by atoms with Crippen LogP contribution in [0.15, 0.2) is 0 Å². The summed E-state index contributed by atoms with van der Waals surface area (Å²) in [6, 6.07) is 0. The Bertz CT molecular complexity index is 156. The van der Waals surface area contributed by atoms with Gasteiger partial charge in [0.05, 0.1) is 13.2 Å². The zero-order chi connectivity index (χ0) is 8.44. The second-order valence-corrected chi connectivity index (χ2v) is 4.05. The number of ether oxygens (including phenoxy) is 1. The van der Waals surface area contributed by atoms with Gasteiger partial charge in [0.25, 0.3) is 0 Å². The van der Waals surface area contributed by atoms with Gasteiger partial charge in [-0.25, -0.2) is 0 Å². The van der Waals surface area contributed by atoms with Crippen LogP contribution in [0.5, 0.6) is 0 Å². The van der Waals surface area contributed by atoms with E-state index in [1.807, 2.05) is 0 Å². The van der Waals surface area contributed by atoms with Gasteiger partial charge in [0.1, 0.15) is 0 Å². The van der Waals surface area contributed by atoms with Crippen LogP contribution in [0.25, 0.3) is 0 Å². The van der Waals surface area contributed by atoms with Crippen LogP contribution in [0.2, 0.25) is 0 Å². The molecule has 3 nitrogen and oxygen atoms in total. The first-order valence-electron chi connectivity index (χ1n) is 4.76. The number of nitrogens with zero attached hydrogens (tertiary/aromatic N) is 1. The van der Waals surface area contributed by atoms with Crippen molar-refractivity contribution in [1.29, 1.82) is 0 Å². The zero-order valence-electron chi connectivity index (χ0n) is 7.91. The van der Waals surface area contributed by atoms with E-state index in [0.29, 0.717) is 6.61 Å². The molecule has 0 unspecified atom stereocenters. The summed E-state index contributed by atoms with van der Waals surface area (Å²) >= 11 is 0. The van der Waals surface area contributed by atoms with Gasteiger partial charge in [0.2, 0.25) is 0 Å². The van der Waals surface area contributed by atoms with Crippen molar-refractivity contribution in [1.82, 2.24) is 4.90 Å². The Labute approximate surface area is 91.3 Å². The number of hydrogen-bond donors (Lipinski definition) is 1. The van der Waals surface area contributed by atoms with Crippen LogP contribution in [-0.2, 0) is 23.3 Å². The van der Waals surface area contributed by atoms with Gasteiger partial charge in [0, 0.05) is 50.2 Å². The SMILES string of the molecule is OCC1(CN2CCOCC2)CC1.[V]. The molecule has 0 spiro atoms. The number of hydrogen-bond acceptors (Lipinski definition) is 3. The Hall–Kier alpha value is 0.464. The molecule has 1 aliphatic heterocycles. The van der Waals surface area contributed by atoms with E-state index in [9.17, 15) is 0 Å². The maximum absolute atomic E-state index is 9.13. The number of aliphatic hydroxyl groups is 1. The molecule has 13 heavy (non-hydrogen) atoms. The first-order valence-corrected chi connectivity index (χ1v) is 4.76. The summed E-state index contributed by atoms with van der Waals surface area (Å²) in [6.07, 6.45) is 2.42. The van der Waals surface area contributed by atoms with Gasteiger partial charge in [-0.05, 0) is 12.8 Å². The quantitative estimate of drug-likeness (QED) is 0.734. The fourth-order valence-electron chi connectivity index (χ4n) is 1.78. The second kappa shape index (κ2) is 4.81. The van der Waals surface area contributed by atoms with Crippen LogP contribution >= 0.6 is 0 Å². The van der Waals surface area contributed by atoms with Crippen LogP contribution in [0.1, 0.15) is 12.8 Å². The van der Waals surface area contributed by atoms with E-state index in [0.717, 1.165) is 32.8 Å². The van der Waals surface area contributed by atoms with E-state index in [2.05, 4.69) is 4.90 Å². The molecule has 1 aliphatic carbocycles. The van der Waals surface area contributed by atoms with Crippen molar-refractivity contribution in [3.63, 3.8) is 0 Å². The molecule has 2 fully saturated rings. The van der Waals surface area contributed by atoms with Crippen molar-refractivity contribution >= 4 is 0 Å². The smallest absolute Gasteiger partial charge is 0.0594 e. The first-order chi connectivity index (χ1) is 5.85. The first kappa shape index (κ1) is 11.5. The van der Waals surface area contributed by atoms with Gasteiger partial charge < -0.3 is 9.84 Å². The molecule has 0 aromatic heterocycles. The number of aliphatic hydroxyl groups excluding tert-OH is 1. The van der Waals surface area contributed by atoms with Crippen LogP contribution in [0.3, 0.4) is 0 Å². The summed E-state index contributed by atoms with van der Waals surface area (Å²) in [7, 11) is 0. The van der Waals surface area contributed by atoms with Crippen LogP contribution in [0, 0.1) is 5.41 Å². The maximum Gasteiger partial charge on any atom is 0.0594 e. The van der Waals surface area contributed by atoms with Crippen LogP contribution < -0.4 is 0 Å². The molecule has 2 rings (SSSR count). The Morgan fingerprint density at radius 2 is 1.85 bits per heavy atom. The summed E-state index contributed by atoms with van der Waals surface area (Å²) in [5, 5.41) is 9.13. The molecule has 1 N–H and O–H groups in total. The third-order valence-corrected chi connectivity index (χ3v) is 2.96. The van der Waals surface area contributed by atoms with E-state index in [1.54, 1.807) is 0 Å². The van der Waals surface area contributed by atoms with Crippen molar-refractivity contribution in [2.75, 3.05) is 39.5 Å². The summed E-state index contributed by atoms with van der Waals surface area (Å²) in [4.78, 5) is 2.41. The van der Waals surface area contributed by atoms with E-state index in [-0.39, 0.29) is 24.0 Å². The minimum Gasteiger partial charge on any atom is -0.396 e. The topological polar surface area (TPSA) is 32.7 Å². The Balaban J connectivity index is 0.000000845. The van der Waals surface area contributed by atoms with Crippen molar-refractivity contribution < 1.29 is 28.4 Å². The molecule has 1 heterocycles. The molecule has 75 valence electrons. The van der Waals surface area contributed by atoms with Crippen molar-refractivity contribution in [3.8, 4) is 0 Å². The Kier molecular flexibility index (Phi) is 4.26. The van der Waals surface area contributed by atoms with Gasteiger partial charge in [-0.1, -0.05) is 0 Å². The van der Waals surface area contributed by atoms with Crippen molar-refractivity contribution in [2.24, 2.45) is 5.41 Å². The normalized spacial score (nSPS) is 26.5. The molecule has 0 aromatic rings. The molecular weight excluding hydrogens is 205 g/mol. The fourth-order valence-corrected chi connectivity index (χ4v) is 1.78. The molecule has 1 radical (unpaired) electrons. The summed E-state index contributed by atoms with van der Waals surface area (Å²) in [6.45, 7) is 5.25. The minimum absolute atomic E-state index is 0. The molecular formula is C9H17NO2V. The molecule has 0 bridgehead atoms. The average molecular weight is 222 g/mol. The Morgan fingerprint density at radius 3 is 2.31 bits per heavy atom. The maximum atomic E-state index is 9.13. The molecule has 0 amide bonds.